The van der Waals surface area contributed by atoms with Gasteiger partial charge in [0.15, 0.2) is 5.82 Å². The molecule has 0 radical (unpaired) electrons. The Kier molecular flexibility index (Phi) is 7.53. The van der Waals surface area contributed by atoms with Gasteiger partial charge in [-0.05, 0) is 51.2 Å². The lowest BCUT2D eigenvalue weighted by atomic mass is 10.0. The van der Waals surface area contributed by atoms with Crippen LogP contribution in [0.1, 0.15) is 24.8 Å². The SMILES string of the molecule is CN1CCCCC1.COc1ncc(-c2c(-c3ccc(C#N)cc3)nc(OC)c3nccn23)cc1F. The minimum atomic E-state index is -0.588. The number of halogens is 1. The van der Waals surface area contributed by atoms with E-state index in [9.17, 15) is 4.39 Å². The average Bonchev–Trinajstić information content (AvgIpc) is 3.38. The molecule has 0 aliphatic carbocycles. The van der Waals surface area contributed by atoms with Gasteiger partial charge in [-0.25, -0.2) is 19.3 Å². The number of methoxy groups -OCH3 is 2. The minimum absolute atomic E-state index is 0.0907. The van der Waals surface area contributed by atoms with Gasteiger partial charge in [0.05, 0.1) is 37.2 Å². The van der Waals surface area contributed by atoms with E-state index >= 15 is 0 Å². The molecule has 1 aromatic carbocycles. The Morgan fingerprint density at radius 3 is 2.26 bits per heavy atom. The molecule has 35 heavy (non-hydrogen) atoms. The van der Waals surface area contributed by atoms with Crippen LogP contribution in [0.15, 0.2) is 48.9 Å². The van der Waals surface area contributed by atoms with Crippen LogP contribution in [0.4, 0.5) is 4.39 Å². The third-order valence-electron chi connectivity index (χ3n) is 5.85. The van der Waals surface area contributed by atoms with Gasteiger partial charge >= 0.3 is 0 Å². The summed E-state index contributed by atoms with van der Waals surface area (Å²) in [4.78, 5) is 15.3. The van der Waals surface area contributed by atoms with Crippen LogP contribution >= 0.6 is 0 Å². The van der Waals surface area contributed by atoms with Crippen LogP contribution < -0.4 is 9.47 Å². The maximum absolute atomic E-state index is 14.3. The molecule has 0 N–H and O–H groups in total. The van der Waals surface area contributed by atoms with Gasteiger partial charge in [-0.3, -0.25) is 4.40 Å². The third-order valence-corrected chi connectivity index (χ3v) is 5.85. The fourth-order valence-corrected chi connectivity index (χ4v) is 4.03. The molecule has 0 atom stereocenters. The lowest BCUT2D eigenvalue weighted by Gasteiger charge is -2.20. The number of likely N-dealkylation sites (tertiary alicyclic amines) is 1. The van der Waals surface area contributed by atoms with Crippen molar-refractivity contribution < 1.29 is 13.9 Å². The van der Waals surface area contributed by atoms with E-state index in [0.717, 1.165) is 5.56 Å². The van der Waals surface area contributed by atoms with Gasteiger partial charge in [0.1, 0.15) is 0 Å². The zero-order chi connectivity index (χ0) is 24.8. The van der Waals surface area contributed by atoms with Gasteiger partial charge in [-0.15, -0.1) is 0 Å². The summed E-state index contributed by atoms with van der Waals surface area (Å²) in [5, 5.41) is 9.05. The van der Waals surface area contributed by atoms with Crippen molar-refractivity contribution in [3.63, 3.8) is 0 Å². The summed E-state index contributed by atoms with van der Waals surface area (Å²) in [5.41, 5.74) is 3.38. The molecule has 3 aromatic heterocycles. The second kappa shape index (κ2) is 10.9. The van der Waals surface area contributed by atoms with Gasteiger partial charge in [0.25, 0.3) is 5.88 Å². The van der Waals surface area contributed by atoms with Crippen LogP contribution in [0.25, 0.3) is 28.2 Å². The summed E-state index contributed by atoms with van der Waals surface area (Å²) in [7, 11) is 5.06. The first-order valence-corrected chi connectivity index (χ1v) is 11.4. The highest BCUT2D eigenvalue weighted by atomic mass is 19.1. The van der Waals surface area contributed by atoms with Gasteiger partial charge in [0.2, 0.25) is 11.5 Å². The number of aromatic nitrogens is 4. The molecule has 1 fully saturated rings. The van der Waals surface area contributed by atoms with E-state index < -0.39 is 5.82 Å². The van der Waals surface area contributed by atoms with Gasteiger partial charge in [-0.1, -0.05) is 18.6 Å². The summed E-state index contributed by atoms with van der Waals surface area (Å²) < 4.78 is 26.4. The number of pyridine rings is 1. The second-order valence-corrected chi connectivity index (χ2v) is 8.21. The third kappa shape index (κ3) is 5.23. The number of piperidine rings is 1. The molecule has 0 unspecified atom stereocenters. The number of ether oxygens (including phenoxy) is 2. The Morgan fingerprint density at radius 2 is 1.69 bits per heavy atom. The molecule has 180 valence electrons. The predicted octanol–water partition coefficient (Wildman–Crippen LogP) is 4.59. The number of rotatable bonds is 4. The largest absolute Gasteiger partial charge is 0.479 e. The lowest BCUT2D eigenvalue weighted by Crippen LogP contribution is -2.24. The van der Waals surface area contributed by atoms with Gasteiger partial charge in [0, 0.05) is 29.7 Å². The molecule has 0 spiro atoms. The highest BCUT2D eigenvalue weighted by molar-refractivity contribution is 5.81. The zero-order valence-electron chi connectivity index (χ0n) is 20.0. The lowest BCUT2D eigenvalue weighted by molar-refractivity contribution is 0.277. The molecule has 1 aliphatic heterocycles. The van der Waals surface area contributed by atoms with Gasteiger partial charge < -0.3 is 14.4 Å². The number of nitrogens with zero attached hydrogens (tertiary/aromatic N) is 6. The summed E-state index contributed by atoms with van der Waals surface area (Å²) in [6.45, 7) is 2.64. The normalized spacial score (nSPS) is 13.6. The molecule has 5 rings (SSSR count). The number of fused-ring (bicyclic) bond motifs is 1. The molecule has 4 aromatic rings. The second-order valence-electron chi connectivity index (χ2n) is 8.21. The van der Waals surface area contributed by atoms with Crippen molar-refractivity contribution in [1.29, 1.82) is 5.26 Å². The first kappa shape index (κ1) is 24.1. The van der Waals surface area contributed by atoms with Crippen LogP contribution in [0, 0.1) is 17.1 Å². The van der Waals surface area contributed by atoms with Crippen LogP contribution in [-0.2, 0) is 0 Å². The maximum atomic E-state index is 14.3. The fraction of sp³-hybridized carbons (Fsp3) is 0.308. The molecule has 1 aliphatic rings. The number of hydrogen-bond donors (Lipinski definition) is 0. The Hall–Kier alpha value is -4.03. The topological polar surface area (TPSA) is 88.6 Å². The van der Waals surface area contributed by atoms with E-state index in [4.69, 9.17) is 14.7 Å². The fourth-order valence-electron chi connectivity index (χ4n) is 4.03. The number of imidazole rings is 1. The van der Waals surface area contributed by atoms with Crippen molar-refractivity contribution in [3.8, 4) is 40.3 Å². The quantitative estimate of drug-likeness (QED) is 0.427. The molecule has 1 saturated heterocycles. The summed E-state index contributed by atoms with van der Waals surface area (Å²) in [5.74, 6) is -0.350. The van der Waals surface area contributed by atoms with Crippen molar-refractivity contribution >= 4 is 5.65 Å². The number of benzene rings is 1. The van der Waals surface area contributed by atoms with Crippen LogP contribution in [-0.4, -0.2) is 58.6 Å². The maximum Gasteiger partial charge on any atom is 0.258 e. The monoisotopic (exact) mass is 474 g/mol. The van der Waals surface area contributed by atoms with Crippen molar-refractivity contribution in [2.24, 2.45) is 0 Å². The van der Waals surface area contributed by atoms with Crippen molar-refractivity contribution in [2.45, 2.75) is 19.3 Å². The molecule has 8 nitrogen and oxygen atoms in total. The summed E-state index contributed by atoms with van der Waals surface area (Å²) >= 11 is 0. The van der Waals surface area contributed by atoms with Crippen molar-refractivity contribution in [1.82, 2.24) is 24.3 Å². The standard InChI is InChI=1S/C20H14FN5O2.C6H13N/c1-27-19-15(21)9-14(11-24-19)17-16(13-5-3-12(10-22)4-6-13)25-20(28-2)18-23-7-8-26(17)18;1-7-5-3-2-4-6-7/h3-9,11H,1-2H3;2-6H2,1H3. The molecule has 4 heterocycles. The molecule has 0 amide bonds. The smallest absolute Gasteiger partial charge is 0.258 e. The zero-order valence-corrected chi connectivity index (χ0v) is 20.0. The van der Waals surface area contributed by atoms with Gasteiger partial charge in [-0.2, -0.15) is 5.26 Å². The van der Waals surface area contributed by atoms with E-state index in [1.165, 1.54) is 58.8 Å². The van der Waals surface area contributed by atoms with E-state index in [0.29, 0.717) is 34.0 Å². The van der Waals surface area contributed by atoms with Crippen molar-refractivity contribution in [2.75, 3.05) is 34.4 Å². The Labute approximate surface area is 203 Å². The summed E-state index contributed by atoms with van der Waals surface area (Å²) in [6, 6.07) is 10.4. The average molecular weight is 475 g/mol. The van der Waals surface area contributed by atoms with E-state index in [1.807, 2.05) is 0 Å². The summed E-state index contributed by atoms with van der Waals surface area (Å²) in [6.07, 6.45) is 9.14. The molecule has 0 saturated carbocycles. The highest BCUT2D eigenvalue weighted by Crippen LogP contribution is 2.35. The Balaban J connectivity index is 0.000000356. The van der Waals surface area contributed by atoms with Crippen LogP contribution in [0.5, 0.6) is 11.8 Å². The Morgan fingerprint density at radius 1 is 0.971 bits per heavy atom. The van der Waals surface area contributed by atoms with E-state index in [2.05, 4.69) is 33.0 Å². The van der Waals surface area contributed by atoms with Crippen molar-refractivity contribution in [3.05, 3.63) is 60.3 Å². The molecular formula is C26H27FN6O2. The Bertz CT molecular complexity index is 1340. The number of nitriles is 1. The number of hydrogen-bond acceptors (Lipinski definition) is 7. The first-order chi connectivity index (χ1) is 17.0. The van der Waals surface area contributed by atoms with E-state index in [-0.39, 0.29) is 5.88 Å². The van der Waals surface area contributed by atoms with Crippen LogP contribution in [0.3, 0.4) is 0 Å². The predicted molar refractivity (Wildman–Crippen MR) is 131 cm³/mol. The molecule has 0 bridgehead atoms. The molecular weight excluding hydrogens is 447 g/mol. The molecule has 9 heteroatoms. The highest BCUT2D eigenvalue weighted by Gasteiger charge is 2.20. The van der Waals surface area contributed by atoms with Crippen LogP contribution in [0.2, 0.25) is 0 Å². The van der Waals surface area contributed by atoms with E-state index in [1.54, 1.807) is 41.1 Å². The first-order valence-electron chi connectivity index (χ1n) is 11.4. The minimum Gasteiger partial charge on any atom is -0.479 e.